The van der Waals surface area contributed by atoms with E-state index in [0.717, 1.165) is 18.7 Å². The molecule has 1 amide bonds. The minimum absolute atomic E-state index is 0.220. The summed E-state index contributed by atoms with van der Waals surface area (Å²) in [5.74, 6) is 0.538. The monoisotopic (exact) mass is 286 g/mol. The van der Waals surface area contributed by atoms with Crippen LogP contribution in [0.25, 0.3) is 0 Å². The summed E-state index contributed by atoms with van der Waals surface area (Å²) in [6.07, 6.45) is 11.0. The van der Waals surface area contributed by atoms with Gasteiger partial charge in [0.05, 0.1) is 12.2 Å². The first-order valence-electron chi connectivity index (χ1n) is 7.22. The van der Waals surface area contributed by atoms with Crippen LogP contribution in [-0.2, 0) is 0 Å². The van der Waals surface area contributed by atoms with E-state index in [1.165, 1.54) is 31.4 Å². The van der Waals surface area contributed by atoms with Crippen LogP contribution >= 0.6 is 0 Å². The highest BCUT2D eigenvalue weighted by molar-refractivity contribution is 5.92. The highest BCUT2D eigenvalue weighted by Gasteiger charge is 2.23. The van der Waals surface area contributed by atoms with Crippen LogP contribution in [-0.4, -0.2) is 30.6 Å². The predicted octanol–water partition coefficient (Wildman–Crippen LogP) is 1.67. The first kappa shape index (κ1) is 13.7. The molecule has 1 fully saturated rings. The van der Waals surface area contributed by atoms with E-state index in [1.807, 2.05) is 6.92 Å². The smallest absolute Gasteiger partial charge is 0.272 e. The molecule has 3 rings (SSSR count). The number of amides is 1. The zero-order valence-electron chi connectivity index (χ0n) is 11.9. The fourth-order valence-corrected chi connectivity index (χ4v) is 2.78. The van der Waals surface area contributed by atoms with Crippen LogP contribution < -0.4 is 5.32 Å². The number of nitrogens with zero attached hydrogens (tertiary/aromatic N) is 5. The van der Waals surface area contributed by atoms with Crippen LogP contribution in [0, 0.1) is 0 Å². The third kappa shape index (κ3) is 2.91. The molecule has 0 spiro atoms. The average Bonchev–Trinajstić information content (AvgIpc) is 3.18. The van der Waals surface area contributed by atoms with Crippen molar-refractivity contribution in [2.45, 2.75) is 44.7 Å². The molecule has 1 aliphatic rings. The summed E-state index contributed by atoms with van der Waals surface area (Å²) >= 11 is 0. The molecular weight excluding hydrogens is 268 g/mol. The standard InChI is InChI=1S/C14H18N6O/c1-10(18-14(21)12-8-15-6-7-16-12)13-19-17-9-20(13)11-4-2-3-5-11/h6-11H,2-5H2,1H3,(H,18,21)/t10-/m0/s1. The third-order valence-electron chi connectivity index (χ3n) is 3.85. The molecule has 0 radical (unpaired) electrons. The first-order valence-corrected chi connectivity index (χ1v) is 7.22. The summed E-state index contributed by atoms with van der Waals surface area (Å²) in [5.41, 5.74) is 0.302. The Labute approximate surface area is 122 Å². The van der Waals surface area contributed by atoms with Crippen molar-refractivity contribution in [1.82, 2.24) is 30.0 Å². The highest BCUT2D eigenvalue weighted by atomic mass is 16.1. The van der Waals surface area contributed by atoms with Crippen molar-refractivity contribution in [2.24, 2.45) is 0 Å². The molecule has 0 bridgehead atoms. The van der Waals surface area contributed by atoms with Gasteiger partial charge < -0.3 is 9.88 Å². The van der Waals surface area contributed by atoms with E-state index in [4.69, 9.17) is 0 Å². The van der Waals surface area contributed by atoms with E-state index in [2.05, 4.69) is 30.0 Å². The third-order valence-corrected chi connectivity index (χ3v) is 3.85. The quantitative estimate of drug-likeness (QED) is 0.924. The van der Waals surface area contributed by atoms with Gasteiger partial charge in [-0.25, -0.2) is 4.98 Å². The minimum atomic E-state index is -0.253. The molecule has 2 aromatic rings. The van der Waals surface area contributed by atoms with Crippen LogP contribution in [0.5, 0.6) is 0 Å². The van der Waals surface area contributed by atoms with Gasteiger partial charge in [-0.15, -0.1) is 10.2 Å². The fourth-order valence-electron chi connectivity index (χ4n) is 2.78. The number of aromatic nitrogens is 5. The lowest BCUT2D eigenvalue weighted by Crippen LogP contribution is -2.29. The van der Waals surface area contributed by atoms with E-state index in [9.17, 15) is 4.79 Å². The van der Waals surface area contributed by atoms with Gasteiger partial charge in [0, 0.05) is 18.4 Å². The minimum Gasteiger partial charge on any atom is -0.341 e. The van der Waals surface area contributed by atoms with Gasteiger partial charge >= 0.3 is 0 Å². The van der Waals surface area contributed by atoms with Gasteiger partial charge in [0.1, 0.15) is 12.0 Å². The van der Waals surface area contributed by atoms with Crippen LogP contribution in [0.2, 0.25) is 0 Å². The van der Waals surface area contributed by atoms with Gasteiger partial charge in [0.2, 0.25) is 0 Å². The van der Waals surface area contributed by atoms with Crippen molar-refractivity contribution < 1.29 is 4.79 Å². The molecule has 0 saturated heterocycles. The lowest BCUT2D eigenvalue weighted by atomic mass is 10.2. The maximum atomic E-state index is 12.1. The summed E-state index contributed by atoms with van der Waals surface area (Å²) in [6.45, 7) is 1.91. The maximum absolute atomic E-state index is 12.1. The Morgan fingerprint density at radius 2 is 2.19 bits per heavy atom. The number of hydrogen-bond donors (Lipinski definition) is 1. The Morgan fingerprint density at radius 1 is 1.38 bits per heavy atom. The molecule has 0 aliphatic heterocycles. The lowest BCUT2D eigenvalue weighted by Gasteiger charge is -2.18. The van der Waals surface area contributed by atoms with Gasteiger partial charge in [0.15, 0.2) is 5.82 Å². The SMILES string of the molecule is C[C@H](NC(=O)c1cnccn1)c1nncn1C1CCCC1. The van der Waals surface area contributed by atoms with Crippen molar-refractivity contribution >= 4 is 5.91 Å². The average molecular weight is 286 g/mol. The van der Waals surface area contributed by atoms with E-state index in [-0.39, 0.29) is 11.9 Å². The predicted molar refractivity (Wildman–Crippen MR) is 75.4 cm³/mol. The number of nitrogens with one attached hydrogen (secondary N) is 1. The molecule has 1 aliphatic carbocycles. The van der Waals surface area contributed by atoms with Gasteiger partial charge in [-0.3, -0.25) is 9.78 Å². The summed E-state index contributed by atoms with van der Waals surface area (Å²) in [6, 6.07) is 0.230. The molecule has 1 atom stereocenters. The van der Waals surface area contributed by atoms with E-state index < -0.39 is 0 Å². The second-order valence-corrected chi connectivity index (χ2v) is 5.32. The molecule has 21 heavy (non-hydrogen) atoms. The first-order chi connectivity index (χ1) is 10.3. The normalized spacial score (nSPS) is 16.8. The molecule has 1 saturated carbocycles. The van der Waals surface area contributed by atoms with E-state index in [0.29, 0.717) is 11.7 Å². The molecular formula is C14H18N6O. The Kier molecular flexibility index (Phi) is 3.89. The molecule has 110 valence electrons. The van der Waals surface area contributed by atoms with E-state index >= 15 is 0 Å². The van der Waals surface area contributed by atoms with Crippen molar-refractivity contribution in [2.75, 3.05) is 0 Å². The summed E-state index contributed by atoms with van der Waals surface area (Å²) in [5, 5.41) is 11.1. The Bertz CT molecular complexity index is 605. The number of hydrogen-bond acceptors (Lipinski definition) is 5. The second-order valence-electron chi connectivity index (χ2n) is 5.32. The maximum Gasteiger partial charge on any atom is 0.272 e. The molecule has 0 aromatic carbocycles. The summed E-state index contributed by atoms with van der Waals surface area (Å²) in [7, 11) is 0. The summed E-state index contributed by atoms with van der Waals surface area (Å²) in [4.78, 5) is 20.0. The summed E-state index contributed by atoms with van der Waals surface area (Å²) < 4.78 is 2.09. The van der Waals surface area contributed by atoms with Gasteiger partial charge in [-0.2, -0.15) is 0 Å². The second kappa shape index (κ2) is 5.99. The van der Waals surface area contributed by atoms with E-state index in [1.54, 1.807) is 6.33 Å². The zero-order chi connectivity index (χ0) is 14.7. The number of rotatable bonds is 4. The van der Waals surface area contributed by atoms with Crippen molar-refractivity contribution in [1.29, 1.82) is 0 Å². The van der Waals surface area contributed by atoms with Gasteiger partial charge in [-0.1, -0.05) is 12.8 Å². The Hall–Kier alpha value is -2.31. The molecule has 2 heterocycles. The number of carbonyl (C=O) groups is 1. The molecule has 1 N–H and O–H groups in total. The van der Waals surface area contributed by atoms with Crippen molar-refractivity contribution in [3.63, 3.8) is 0 Å². The fraction of sp³-hybridized carbons (Fsp3) is 0.500. The highest BCUT2D eigenvalue weighted by Crippen LogP contribution is 2.31. The van der Waals surface area contributed by atoms with Crippen LogP contribution in [0.4, 0.5) is 0 Å². The van der Waals surface area contributed by atoms with Crippen LogP contribution in [0.15, 0.2) is 24.9 Å². The molecule has 7 heteroatoms. The van der Waals surface area contributed by atoms with Crippen LogP contribution in [0.3, 0.4) is 0 Å². The lowest BCUT2D eigenvalue weighted by molar-refractivity contribution is 0.0931. The topological polar surface area (TPSA) is 85.6 Å². The largest absolute Gasteiger partial charge is 0.341 e. The van der Waals surface area contributed by atoms with Crippen LogP contribution in [0.1, 0.15) is 61.0 Å². The molecule has 2 aromatic heterocycles. The Balaban J connectivity index is 1.72. The number of carbonyl (C=O) groups excluding carboxylic acids is 1. The van der Waals surface area contributed by atoms with Gasteiger partial charge in [-0.05, 0) is 19.8 Å². The molecule has 0 unspecified atom stereocenters. The zero-order valence-corrected chi connectivity index (χ0v) is 11.9. The van der Waals surface area contributed by atoms with Crippen molar-refractivity contribution in [3.05, 3.63) is 36.4 Å². The Morgan fingerprint density at radius 3 is 2.90 bits per heavy atom. The van der Waals surface area contributed by atoms with Crippen molar-refractivity contribution in [3.8, 4) is 0 Å². The molecule has 7 nitrogen and oxygen atoms in total. The van der Waals surface area contributed by atoms with Gasteiger partial charge in [0.25, 0.3) is 5.91 Å².